The lowest BCUT2D eigenvalue weighted by molar-refractivity contribution is 0.0209. The molecule has 1 fully saturated rings. The Morgan fingerprint density at radius 1 is 1.00 bits per heavy atom. The first kappa shape index (κ1) is 16.5. The van der Waals surface area contributed by atoms with Crippen molar-refractivity contribution in [3.05, 3.63) is 41.0 Å². The second-order valence-electron chi connectivity index (χ2n) is 6.88. The smallest absolute Gasteiger partial charge is 0.202 e. The average molecular weight is 358 g/mol. The van der Waals surface area contributed by atoms with Crippen molar-refractivity contribution in [2.75, 3.05) is 0 Å². The molecule has 0 amide bonds. The molecule has 2 unspecified atom stereocenters. The van der Waals surface area contributed by atoms with Gasteiger partial charge in [0, 0.05) is 12.1 Å². The van der Waals surface area contributed by atoms with Crippen LogP contribution in [0.2, 0.25) is 0 Å². The van der Waals surface area contributed by atoms with Gasteiger partial charge < -0.3 is 30.3 Å². The van der Waals surface area contributed by atoms with Crippen LogP contribution in [0.4, 0.5) is 0 Å². The quantitative estimate of drug-likeness (QED) is 0.532. The monoisotopic (exact) mass is 358 g/mol. The molecule has 1 heterocycles. The Bertz CT molecular complexity index is 901. The summed E-state index contributed by atoms with van der Waals surface area (Å²) in [5, 5.41) is 50.0. The maximum atomic E-state index is 12.5. The first-order valence-electron chi connectivity index (χ1n) is 8.34. The summed E-state index contributed by atoms with van der Waals surface area (Å²) >= 11 is 0. The summed E-state index contributed by atoms with van der Waals surface area (Å²) in [5.41, 5.74) is 0.647. The average Bonchev–Trinajstić information content (AvgIpc) is 3.38. The molecule has 1 saturated carbocycles. The highest BCUT2D eigenvalue weighted by atomic mass is 16.5. The second kappa shape index (κ2) is 5.81. The highest BCUT2D eigenvalue weighted by Gasteiger charge is 2.39. The number of aliphatic hydroxyl groups is 1. The summed E-state index contributed by atoms with van der Waals surface area (Å²) < 4.78 is 5.65. The van der Waals surface area contributed by atoms with Crippen LogP contribution in [0.3, 0.4) is 0 Å². The van der Waals surface area contributed by atoms with Crippen LogP contribution in [0, 0.1) is 5.92 Å². The normalized spacial score (nSPS) is 22.0. The number of hydrogen-bond donors (Lipinski definition) is 5. The molecular formula is C19H18O7. The molecule has 0 aromatic heterocycles. The number of Topliss-reactive ketones (excluding diaryl/α,β-unsaturated/α-hetero) is 1. The third-order valence-electron chi connectivity index (χ3n) is 4.85. The number of fused-ring (bicyclic) bond motifs is 1. The van der Waals surface area contributed by atoms with E-state index < -0.39 is 23.7 Å². The zero-order valence-corrected chi connectivity index (χ0v) is 13.7. The first-order valence-corrected chi connectivity index (χ1v) is 8.34. The van der Waals surface area contributed by atoms with Crippen molar-refractivity contribution >= 4 is 5.78 Å². The fourth-order valence-corrected chi connectivity index (χ4v) is 3.32. The van der Waals surface area contributed by atoms with Gasteiger partial charge in [-0.25, -0.2) is 0 Å². The van der Waals surface area contributed by atoms with E-state index in [0.717, 1.165) is 18.9 Å². The Kier molecular flexibility index (Phi) is 3.69. The SMILES string of the molecule is O=C1c2c(O)cc(O)cc2OC(c2cc(O)c(O)c(CC3CC3)c2)C1O. The maximum absolute atomic E-state index is 12.5. The van der Waals surface area contributed by atoms with Gasteiger partial charge in [-0.1, -0.05) is 0 Å². The van der Waals surface area contributed by atoms with Gasteiger partial charge in [-0.15, -0.1) is 0 Å². The Balaban J connectivity index is 1.76. The van der Waals surface area contributed by atoms with E-state index in [0.29, 0.717) is 23.5 Å². The number of benzene rings is 2. The van der Waals surface area contributed by atoms with Crippen molar-refractivity contribution in [2.24, 2.45) is 5.92 Å². The predicted molar refractivity (Wildman–Crippen MR) is 89.7 cm³/mol. The zero-order chi connectivity index (χ0) is 18.6. The van der Waals surface area contributed by atoms with Gasteiger partial charge in [0.15, 0.2) is 23.7 Å². The summed E-state index contributed by atoms with van der Waals surface area (Å²) in [6.45, 7) is 0. The van der Waals surface area contributed by atoms with E-state index in [2.05, 4.69) is 0 Å². The molecule has 5 N–H and O–H groups in total. The van der Waals surface area contributed by atoms with E-state index in [1.54, 1.807) is 6.07 Å². The van der Waals surface area contributed by atoms with E-state index in [9.17, 15) is 30.3 Å². The summed E-state index contributed by atoms with van der Waals surface area (Å²) in [7, 11) is 0. The second-order valence-corrected chi connectivity index (χ2v) is 6.88. The van der Waals surface area contributed by atoms with E-state index in [1.165, 1.54) is 12.1 Å². The van der Waals surface area contributed by atoms with Crippen molar-refractivity contribution in [1.82, 2.24) is 0 Å². The van der Waals surface area contributed by atoms with E-state index in [1.807, 2.05) is 0 Å². The van der Waals surface area contributed by atoms with Crippen LogP contribution >= 0.6 is 0 Å². The van der Waals surface area contributed by atoms with Crippen LogP contribution in [0.15, 0.2) is 24.3 Å². The van der Waals surface area contributed by atoms with Gasteiger partial charge in [0.2, 0.25) is 5.78 Å². The molecule has 0 spiro atoms. The molecule has 0 saturated heterocycles. The van der Waals surface area contributed by atoms with E-state index in [-0.39, 0.29) is 28.6 Å². The van der Waals surface area contributed by atoms with Gasteiger partial charge in [-0.2, -0.15) is 0 Å². The van der Waals surface area contributed by atoms with Gasteiger partial charge in [-0.3, -0.25) is 4.79 Å². The number of phenols is 4. The molecule has 136 valence electrons. The predicted octanol–water partition coefficient (Wildman–Crippen LogP) is 2.14. The van der Waals surface area contributed by atoms with Gasteiger partial charge in [0.1, 0.15) is 22.8 Å². The molecule has 2 aromatic carbocycles. The summed E-state index contributed by atoms with van der Waals surface area (Å²) in [5.74, 6) is -1.69. The van der Waals surface area contributed by atoms with E-state index in [4.69, 9.17) is 4.74 Å². The molecule has 7 nitrogen and oxygen atoms in total. The molecule has 0 radical (unpaired) electrons. The summed E-state index contributed by atoms with van der Waals surface area (Å²) in [4.78, 5) is 12.5. The molecule has 7 heteroatoms. The van der Waals surface area contributed by atoms with Crippen molar-refractivity contribution in [2.45, 2.75) is 31.5 Å². The van der Waals surface area contributed by atoms with Gasteiger partial charge in [-0.05, 0) is 48.4 Å². The number of carbonyl (C=O) groups is 1. The lowest BCUT2D eigenvalue weighted by atomic mass is 9.91. The number of ketones is 1. The first-order chi connectivity index (χ1) is 12.3. The lowest BCUT2D eigenvalue weighted by Gasteiger charge is -2.30. The number of aromatic hydroxyl groups is 4. The molecule has 26 heavy (non-hydrogen) atoms. The fraction of sp³-hybridized carbons (Fsp3) is 0.316. The van der Waals surface area contributed by atoms with E-state index >= 15 is 0 Å². The molecule has 2 aromatic rings. The van der Waals surface area contributed by atoms with Crippen molar-refractivity contribution in [1.29, 1.82) is 0 Å². The number of rotatable bonds is 3. The van der Waals surface area contributed by atoms with Crippen LogP contribution in [-0.4, -0.2) is 37.4 Å². The minimum absolute atomic E-state index is 0.0564. The number of hydrogen-bond acceptors (Lipinski definition) is 7. The Morgan fingerprint density at radius 3 is 2.42 bits per heavy atom. The van der Waals surface area contributed by atoms with Crippen molar-refractivity contribution in [3.8, 4) is 28.7 Å². The molecule has 1 aliphatic carbocycles. The number of carbonyl (C=O) groups excluding carboxylic acids is 1. The zero-order valence-electron chi connectivity index (χ0n) is 13.7. The van der Waals surface area contributed by atoms with Crippen LogP contribution in [0.5, 0.6) is 28.7 Å². The van der Waals surface area contributed by atoms with Crippen LogP contribution in [0.25, 0.3) is 0 Å². The Morgan fingerprint density at radius 2 is 1.73 bits per heavy atom. The standard InChI is InChI=1S/C19H18O7/c20-11-6-12(21)15-14(7-11)26-19(18(25)17(15)24)10-4-9(3-8-1-2-8)16(23)13(22)5-10/h4-8,18-23,25H,1-3H2. The Labute approximate surface area is 148 Å². The number of phenolic OH excluding ortho intramolecular Hbond substituents is 4. The van der Waals surface area contributed by atoms with Gasteiger partial charge in [0.05, 0.1) is 0 Å². The van der Waals surface area contributed by atoms with Gasteiger partial charge >= 0.3 is 0 Å². The number of ether oxygens (including phenoxy) is 1. The third-order valence-corrected chi connectivity index (χ3v) is 4.85. The maximum Gasteiger partial charge on any atom is 0.202 e. The molecule has 0 bridgehead atoms. The highest BCUT2D eigenvalue weighted by Crippen LogP contribution is 2.44. The topological polar surface area (TPSA) is 127 Å². The van der Waals surface area contributed by atoms with Crippen molar-refractivity contribution in [3.63, 3.8) is 0 Å². The largest absolute Gasteiger partial charge is 0.508 e. The molecule has 4 rings (SSSR count). The minimum Gasteiger partial charge on any atom is -0.508 e. The fourth-order valence-electron chi connectivity index (χ4n) is 3.32. The van der Waals surface area contributed by atoms with Crippen molar-refractivity contribution < 1.29 is 35.1 Å². The van der Waals surface area contributed by atoms with Gasteiger partial charge in [0.25, 0.3) is 0 Å². The molecular weight excluding hydrogens is 340 g/mol. The highest BCUT2D eigenvalue weighted by molar-refractivity contribution is 6.05. The molecule has 2 atom stereocenters. The molecule has 2 aliphatic rings. The lowest BCUT2D eigenvalue weighted by Crippen LogP contribution is -2.36. The summed E-state index contributed by atoms with van der Waals surface area (Å²) in [6, 6.07) is 5.01. The third kappa shape index (κ3) is 2.70. The minimum atomic E-state index is -1.60. The number of aliphatic hydroxyl groups excluding tert-OH is 1. The van der Waals surface area contributed by atoms with Crippen LogP contribution in [0.1, 0.15) is 40.4 Å². The van der Waals surface area contributed by atoms with Crippen LogP contribution in [-0.2, 0) is 6.42 Å². The van der Waals surface area contributed by atoms with Crippen LogP contribution < -0.4 is 4.74 Å². The molecule has 1 aliphatic heterocycles. The Hall–Kier alpha value is -2.93. The summed E-state index contributed by atoms with van der Waals surface area (Å²) in [6.07, 6.45) is -0.0481.